The van der Waals surface area contributed by atoms with Gasteiger partial charge in [-0.05, 0) is 18.2 Å². The van der Waals surface area contributed by atoms with Crippen LogP contribution in [0.25, 0.3) is 10.9 Å². The van der Waals surface area contributed by atoms with Crippen LogP contribution in [0.2, 0.25) is 0 Å². The summed E-state index contributed by atoms with van der Waals surface area (Å²) in [5.41, 5.74) is 6.69. The van der Waals surface area contributed by atoms with Crippen LogP contribution in [0.3, 0.4) is 0 Å². The van der Waals surface area contributed by atoms with Gasteiger partial charge < -0.3 is 24.4 Å². The highest BCUT2D eigenvalue weighted by atomic mass is 16.5. The molecular weight excluding hydrogens is 334 g/mol. The highest BCUT2D eigenvalue weighted by Crippen LogP contribution is 2.26. The van der Waals surface area contributed by atoms with Crippen LogP contribution < -0.4 is 5.73 Å². The van der Waals surface area contributed by atoms with E-state index >= 15 is 0 Å². The number of para-hydroxylation sites is 1. The zero-order chi connectivity index (χ0) is 18.1. The molecule has 26 heavy (non-hydrogen) atoms. The number of nitrogens with two attached hydrogens (primary N) is 1. The molecule has 3 heterocycles. The Morgan fingerprint density at radius 2 is 2.04 bits per heavy atom. The fraction of sp³-hybridized carbons (Fsp3) is 0.263. The van der Waals surface area contributed by atoms with Crippen molar-refractivity contribution in [3.63, 3.8) is 0 Å². The lowest BCUT2D eigenvalue weighted by Gasteiger charge is -2.34. The molecule has 1 aliphatic rings. The van der Waals surface area contributed by atoms with Gasteiger partial charge in [0, 0.05) is 23.6 Å². The smallest absolute Gasteiger partial charge is 0.250 e. The summed E-state index contributed by atoms with van der Waals surface area (Å²) in [4.78, 5) is 26.5. The van der Waals surface area contributed by atoms with E-state index in [-0.39, 0.29) is 18.5 Å². The molecule has 0 radical (unpaired) electrons. The molecule has 0 aliphatic carbocycles. The highest BCUT2D eigenvalue weighted by Gasteiger charge is 2.30. The number of carbonyl (C=O) groups excluding carboxylic acids is 2. The lowest BCUT2D eigenvalue weighted by Crippen LogP contribution is -2.44. The SMILES string of the molecule is NC(=O)c1cn(CC(=O)N2CCOCC2c2ccco2)c2ccccc12. The number of furan rings is 1. The van der Waals surface area contributed by atoms with Gasteiger partial charge in [0.2, 0.25) is 5.91 Å². The standard InChI is InChI=1S/C19H19N3O4/c20-19(24)14-10-21(15-5-2-1-4-13(14)15)11-18(23)22-7-9-25-12-16(22)17-6-3-8-26-17/h1-6,8,10,16H,7,9,11-12H2,(H2,20,24). The summed E-state index contributed by atoms with van der Waals surface area (Å²) >= 11 is 0. The maximum Gasteiger partial charge on any atom is 0.250 e. The van der Waals surface area contributed by atoms with Crippen molar-refractivity contribution in [2.45, 2.75) is 12.6 Å². The second kappa shape index (κ2) is 6.68. The Hall–Kier alpha value is -3.06. The number of morpholine rings is 1. The molecule has 1 atom stereocenters. The molecule has 2 N–H and O–H groups in total. The molecule has 1 fully saturated rings. The van der Waals surface area contributed by atoms with E-state index < -0.39 is 5.91 Å². The lowest BCUT2D eigenvalue weighted by molar-refractivity contribution is -0.141. The zero-order valence-corrected chi connectivity index (χ0v) is 14.1. The zero-order valence-electron chi connectivity index (χ0n) is 14.1. The van der Waals surface area contributed by atoms with Crippen molar-refractivity contribution < 1.29 is 18.7 Å². The first kappa shape index (κ1) is 16.4. The highest BCUT2D eigenvalue weighted by molar-refractivity contribution is 6.06. The molecule has 7 nitrogen and oxygen atoms in total. The summed E-state index contributed by atoms with van der Waals surface area (Å²) in [5.74, 6) is 0.131. The van der Waals surface area contributed by atoms with E-state index in [4.69, 9.17) is 14.9 Å². The summed E-state index contributed by atoms with van der Waals surface area (Å²) in [7, 11) is 0. The van der Waals surface area contributed by atoms with Crippen molar-refractivity contribution in [2.24, 2.45) is 5.73 Å². The molecule has 0 bridgehead atoms. The molecule has 1 saturated heterocycles. The van der Waals surface area contributed by atoms with E-state index in [1.54, 1.807) is 28.0 Å². The topological polar surface area (TPSA) is 90.7 Å². The minimum Gasteiger partial charge on any atom is -0.467 e. The largest absolute Gasteiger partial charge is 0.467 e. The van der Waals surface area contributed by atoms with E-state index in [9.17, 15) is 9.59 Å². The van der Waals surface area contributed by atoms with Crippen molar-refractivity contribution in [1.82, 2.24) is 9.47 Å². The molecule has 2 aromatic heterocycles. The van der Waals surface area contributed by atoms with E-state index in [2.05, 4.69) is 0 Å². The predicted molar refractivity (Wildman–Crippen MR) is 94.4 cm³/mol. The van der Waals surface area contributed by atoms with E-state index in [0.717, 1.165) is 10.9 Å². The summed E-state index contributed by atoms with van der Waals surface area (Å²) in [5, 5.41) is 0.748. The molecule has 1 unspecified atom stereocenters. The first-order valence-corrected chi connectivity index (χ1v) is 8.43. The fourth-order valence-electron chi connectivity index (χ4n) is 3.43. The van der Waals surface area contributed by atoms with Gasteiger partial charge in [-0.25, -0.2) is 0 Å². The van der Waals surface area contributed by atoms with Crippen LogP contribution in [0.4, 0.5) is 0 Å². The fourth-order valence-corrected chi connectivity index (χ4v) is 3.43. The number of ether oxygens (including phenoxy) is 1. The van der Waals surface area contributed by atoms with Crippen molar-refractivity contribution in [1.29, 1.82) is 0 Å². The number of rotatable bonds is 4. The number of hydrogen-bond acceptors (Lipinski definition) is 4. The molecule has 0 spiro atoms. The predicted octanol–water partition coefficient (Wildman–Crippen LogP) is 1.93. The monoisotopic (exact) mass is 353 g/mol. The Bertz CT molecular complexity index is 945. The number of carbonyl (C=O) groups is 2. The normalized spacial score (nSPS) is 17.5. The number of nitrogens with zero attached hydrogens (tertiary/aromatic N) is 2. The molecule has 7 heteroatoms. The average Bonchev–Trinajstić information content (AvgIpc) is 3.30. The van der Waals surface area contributed by atoms with Gasteiger partial charge in [-0.3, -0.25) is 9.59 Å². The van der Waals surface area contributed by atoms with Gasteiger partial charge in [0.1, 0.15) is 18.3 Å². The number of fused-ring (bicyclic) bond motifs is 1. The quantitative estimate of drug-likeness (QED) is 0.776. The summed E-state index contributed by atoms with van der Waals surface area (Å²) < 4.78 is 12.8. The van der Waals surface area contributed by atoms with Gasteiger partial charge in [-0.2, -0.15) is 0 Å². The minimum atomic E-state index is -0.507. The Morgan fingerprint density at radius 3 is 2.81 bits per heavy atom. The van der Waals surface area contributed by atoms with E-state index in [1.807, 2.05) is 30.3 Å². The third-order valence-electron chi connectivity index (χ3n) is 4.68. The first-order chi connectivity index (χ1) is 12.6. The third-order valence-corrected chi connectivity index (χ3v) is 4.68. The first-order valence-electron chi connectivity index (χ1n) is 8.43. The average molecular weight is 353 g/mol. The number of primary amides is 1. The summed E-state index contributed by atoms with van der Waals surface area (Å²) in [6, 6.07) is 10.8. The molecule has 134 valence electrons. The molecule has 0 saturated carbocycles. The van der Waals surface area contributed by atoms with Crippen molar-refractivity contribution in [3.05, 3.63) is 60.2 Å². The van der Waals surface area contributed by atoms with Crippen molar-refractivity contribution in [3.8, 4) is 0 Å². The van der Waals surface area contributed by atoms with Crippen molar-refractivity contribution >= 4 is 22.7 Å². The van der Waals surface area contributed by atoms with Gasteiger partial charge in [0.15, 0.2) is 0 Å². The second-order valence-electron chi connectivity index (χ2n) is 6.25. The maximum atomic E-state index is 13.0. The van der Waals surface area contributed by atoms with Crippen LogP contribution in [0.5, 0.6) is 0 Å². The Balaban J connectivity index is 1.63. The van der Waals surface area contributed by atoms with Gasteiger partial charge in [-0.1, -0.05) is 18.2 Å². The van der Waals surface area contributed by atoms with Crippen molar-refractivity contribution in [2.75, 3.05) is 19.8 Å². The van der Waals surface area contributed by atoms with Gasteiger partial charge in [-0.15, -0.1) is 0 Å². The maximum absolute atomic E-state index is 13.0. The Kier molecular flexibility index (Phi) is 4.22. The third kappa shape index (κ3) is 2.86. The van der Waals surface area contributed by atoms with Gasteiger partial charge in [0.25, 0.3) is 5.91 Å². The van der Waals surface area contributed by atoms with Crippen LogP contribution in [0.15, 0.2) is 53.3 Å². The minimum absolute atomic E-state index is 0.0635. The molecule has 4 rings (SSSR count). The molecular formula is C19H19N3O4. The van der Waals surface area contributed by atoms with Gasteiger partial charge in [0.05, 0.1) is 25.0 Å². The summed E-state index contributed by atoms with van der Waals surface area (Å²) in [6.07, 6.45) is 3.23. The number of aromatic nitrogens is 1. The molecule has 1 aromatic carbocycles. The molecule has 1 aliphatic heterocycles. The van der Waals surface area contributed by atoms with E-state index in [1.165, 1.54) is 0 Å². The van der Waals surface area contributed by atoms with Gasteiger partial charge >= 0.3 is 0 Å². The van der Waals surface area contributed by atoms with Crippen LogP contribution in [0.1, 0.15) is 22.2 Å². The van der Waals surface area contributed by atoms with Crippen LogP contribution >= 0.6 is 0 Å². The number of benzene rings is 1. The molecule has 2 amide bonds. The Labute approximate surface area is 149 Å². The Morgan fingerprint density at radius 1 is 1.19 bits per heavy atom. The number of hydrogen-bond donors (Lipinski definition) is 1. The molecule has 3 aromatic rings. The second-order valence-corrected chi connectivity index (χ2v) is 6.25. The van der Waals surface area contributed by atoms with E-state index in [0.29, 0.717) is 31.1 Å². The van der Waals surface area contributed by atoms with Crippen LogP contribution in [-0.4, -0.2) is 41.0 Å². The summed E-state index contributed by atoms with van der Waals surface area (Å²) in [6.45, 7) is 1.50. The van der Waals surface area contributed by atoms with Crippen LogP contribution in [0, 0.1) is 0 Å². The number of amides is 2. The lowest BCUT2D eigenvalue weighted by atomic mass is 10.1. The van der Waals surface area contributed by atoms with Crippen LogP contribution in [-0.2, 0) is 16.1 Å².